The van der Waals surface area contributed by atoms with E-state index in [1.54, 1.807) is 14.1 Å². The molecule has 10 nitrogen and oxygen atoms in total. The molecule has 9 heterocycles. The Morgan fingerprint density at radius 2 is 0.939 bits per heavy atom. The van der Waals surface area contributed by atoms with E-state index in [0.29, 0.717) is 53.6 Å². The Labute approximate surface area is 284 Å². The lowest BCUT2D eigenvalue weighted by Gasteiger charge is -2.41. The van der Waals surface area contributed by atoms with Crippen LogP contribution in [0.25, 0.3) is 33.0 Å². The van der Waals surface area contributed by atoms with Crippen LogP contribution in [0.4, 0.5) is 0 Å². The molecule has 0 aliphatic carbocycles. The second-order valence-corrected chi connectivity index (χ2v) is 14.3. The zero-order chi connectivity index (χ0) is 33.6. The van der Waals surface area contributed by atoms with Crippen molar-refractivity contribution in [2.45, 2.75) is 44.9 Å². The number of aromatic nitrogens is 2. The van der Waals surface area contributed by atoms with Crippen LogP contribution in [0.3, 0.4) is 0 Å². The van der Waals surface area contributed by atoms with Crippen molar-refractivity contribution in [2.75, 3.05) is 40.3 Å². The van der Waals surface area contributed by atoms with Gasteiger partial charge in [-0.05, 0) is 68.9 Å². The van der Waals surface area contributed by atoms with E-state index < -0.39 is 0 Å². The van der Waals surface area contributed by atoms with Crippen LogP contribution in [0, 0.1) is 11.8 Å². The molecule has 49 heavy (non-hydrogen) atoms. The summed E-state index contributed by atoms with van der Waals surface area (Å²) in [5.41, 5.74) is 7.41. The number of fused-ring (bicyclic) bond motifs is 4. The van der Waals surface area contributed by atoms with E-state index in [0.717, 1.165) is 96.2 Å². The number of carbonyl (C=O) groups excluding carboxylic acids is 4. The molecular weight excluding hydrogens is 616 g/mol. The SMILES string of the molecule is CN1C(=O)C2=C(C1=O)N1CCC(CC1)C1CCN(CC1)C1=C(C(=O)N(C)C1=O)c1c([nH]c3ccccc13)CCCc1[nH]c3ccccc3c12. The van der Waals surface area contributed by atoms with Crippen LogP contribution < -0.4 is 0 Å². The number of imide groups is 2. The number of para-hydroxylation sites is 2. The Hall–Kier alpha value is -5.12. The predicted octanol–water partition coefficient (Wildman–Crippen LogP) is 4.68. The van der Waals surface area contributed by atoms with Crippen molar-refractivity contribution in [3.8, 4) is 0 Å². The molecule has 0 unspecified atom stereocenters. The van der Waals surface area contributed by atoms with Crippen molar-refractivity contribution >= 4 is 56.6 Å². The lowest BCUT2D eigenvalue weighted by atomic mass is 9.78. The maximum Gasteiger partial charge on any atom is 0.277 e. The van der Waals surface area contributed by atoms with Gasteiger partial charge in [-0.1, -0.05) is 36.4 Å². The van der Waals surface area contributed by atoms with Crippen molar-refractivity contribution < 1.29 is 19.2 Å². The molecule has 2 aromatic carbocycles. The van der Waals surface area contributed by atoms with Crippen LogP contribution in [0.1, 0.15) is 54.6 Å². The fourth-order valence-corrected chi connectivity index (χ4v) is 9.26. The van der Waals surface area contributed by atoms with Gasteiger partial charge in [0, 0.05) is 84.6 Å². The number of likely N-dealkylation sites (N-methyl/N-ethyl adjacent to an activating group) is 2. The summed E-state index contributed by atoms with van der Waals surface area (Å²) in [7, 11) is 3.19. The van der Waals surface area contributed by atoms with Gasteiger partial charge in [0.2, 0.25) is 0 Å². The van der Waals surface area contributed by atoms with Gasteiger partial charge in [-0.25, -0.2) is 0 Å². The standard InChI is InChI=1S/C39H40N6O4/c1-42-36(46)32-30-24-8-3-5-10-26(24)40-28(30)12-7-13-29-31(25-9-4-6-11-27(25)41-29)33-35(39(49)43(2)37(33)47)45-20-16-23(17-21-45)22-14-18-44(19-15-22)34(32)38(42)48/h3-6,8-11,22-23,40-41H,7,12-21H2,1-2H3. The Bertz CT molecular complexity index is 2000. The van der Waals surface area contributed by atoms with E-state index in [2.05, 4.69) is 19.8 Å². The Balaban J connectivity index is 1.22. The number of aryl methyl sites for hydroxylation is 2. The second kappa shape index (κ2) is 11.2. The summed E-state index contributed by atoms with van der Waals surface area (Å²) in [6, 6.07) is 16.0. The summed E-state index contributed by atoms with van der Waals surface area (Å²) in [5, 5.41) is 1.87. The van der Waals surface area contributed by atoms with E-state index in [1.165, 1.54) is 9.80 Å². The van der Waals surface area contributed by atoms with Gasteiger partial charge in [-0.3, -0.25) is 29.0 Å². The minimum atomic E-state index is -0.253. The molecule has 11 rings (SSSR count). The quantitative estimate of drug-likeness (QED) is 0.266. The number of piperidine rings is 2. The van der Waals surface area contributed by atoms with Gasteiger partial charge in [-0.2, -0.15) is 0 Å². The number of hydrogen-bond acceptors (Lipinski definition) is 6. The van der Waals surface area contributed by atoms with Crippen molar-refractivity contribution in [3.63, 3.8) is 0 Å². The van der Waals surface area contributed by atoms with Gasteiger partial charge in [0.25, 0.3) is 23.6 Å². The van der Waals surface area contributed by atoms with E-state index >= 15 is 0 Å². The first-order valence-corrected chi connectivity index (χ1v) is 17.6. The summed E-state index contributed by atoms with van der Waals surface area (Å²) >= 11 is 0. The third-order valence-electron chi connectivity index (χ3n) is 11.8. The van der Waals surface area contributed by atoms with E-state index in [-0.39, 0.29) is 23.6 Å². The lowest BCUT2D eigenvalue weighted by Crippen LogP contribution is -2.42. The highest BCUT2D eigenvalue weighted by Crippen LogP contribution is 2.43. The first-order chi connectivity index (χ1) is 23.8. The fraction of sp³-hybridized carbons (Fsp3) is 0.385. The number of nitrogens with zero attached hydrogens (tertiary/aromatic N) is 4. The maximum absolute atomic E-state index is 14.0. The second-order valence-electron chi connectivity index (χ2n) is 14.3. The van der Waals surface area contributed by atoms with Crippen molar-refractivity contribution in [1.29, 1.82) is 0 Å². The number of H-pyrrole nitrogens is 2. The molecule has 0 spiro atoms. The molecule has 0 saturated carbocycles. The number of rotatable bonds is 0. The molecule has 250 valence electrons. The molecule has 0 radical (unpaired) electrons. The van der Waals surface area contributed by atoms with Gasteiger partial charge in [0.15, 0.2) is 0 Å². The van der Waals surface area contributed by atoms with Crippen LogP contribution in [0.5, 0.6) is 0 Å². The predicted molar refractivity (Wildman–Crippen MR) is 187 cm³/mol. The number of hydrogen-bond donors (Lipinski definition) is 2. The Morgan fingerprint density at radius 1 is 0.551 bits per heavy atom. The number of amides is 4. The molecule has 2 fully saturated rings. The highest BCUT2D eigenvalue weighted by molar-refractivity contribution is 6.38. The molecule has 7 aliphatic rings. The minimum absolute atomic E-state index is 0.225. The molecular formula is C39H40N6O4. The molecule has 0 atom stereocenters. The molecule has 4 aromatic rings. The lowest BCUT2D eigenvalue weighted by molar-refractivity contribution is -0.137. The van der Waals surface area contributed by atoms with Crippen molar-refractivity contribution in [2.24, 2.45) is 11.8 Å². The number of benzene rings is 2. The Kier molecular flexibility index (Phi) is 6.86. The molecule has 4 bridgehead atoms. The number of nitrogens with one attached hydrogen (secondary N) is 2. The van der Waals surface area contributed by atoms with E-state index in [1.807, 2.05) is 48.5 Å². The smallest absolute Gasteiger partial charge is 0.277 e. The van der Waals surface area contributed by atoms with Crippen molar-refractivity contribution in [1.82, 2.24) is 29.6 Å². The van der Waals surface area contributed by atoms with Gasteiger partial charge < -0.3 is 19.8 Å². The third-order valence-corrected chi connectivity index (χ3v) is 11.8. The highest BCUT2D eigenvalue weighted by Gasteiger charge is 2.45. The van der Waals surface area contributed by atoms with Gasteiger partial charge in [0.1, 0.15) is 11.4 Å². The van der Waals surface area contributed by atoms with Crippen LogP contribution in [0.2, 0.25) is 0 Å². The zero-order valence-corrected chi connectivity index (χ0v) is 28.0. The summed E-state index contributed by atoms with van der Waals surface area (Å²) in [6.45, 7) is 2.90. The van der Waals surface area contributed by atoms with E-state index in [4.69, 9.17) is 0 Å². The average molecular weight is 657 g/mol. The molecule has 2 aromatic heterocycles. The summed E-state index contributed by atoms with van der Waals surface area (Å²) in [4.78, 5) is 69.7. The summed E-state index contributed by atoms with van der Waals surface area (Å²) in [5.74, 6) is 0.0355. The first-order valence-electron chi connectivity index (χ1n) is 17.6. The fourth-order valence-electron chi connectivity index (χ4n) is 9.26. The Morgan fingerprint density at radius 3 is 1.35 bits per heavy atom. The summed E-state index contributed by atoms with van der Waals surface area (Å²) in [6.07, 6.45) is 5.73. The topological polar surface area (TPSA) is 113 Å². The number of carbonyl (C=O) groups is 4. The molecule has 2 N–H and O–H groups in total. The van der Waals surface area contributed by atoms with Gasteiger partial charge in [-0.15, -0.1) is 0 Å². The molecule has 4 amide bonds. The number of aromatic amines is 2. The van der Waals surface area contributed by atoms with Gasteiger partial charge >= 0.3 is 0 Å². The third kappa shape index (κ3) is 4.45. The monoisotopic (exact) mass is 656 g/mol. The highest BCUT2D eigenvalue weighted by atomic mass is 16.2. The maximum atomic E-state index is 14.0. The van der Waals surface area contributed by atoms with Crippen LogP contribution in [-0.4, -0.2) is 93.5 Å². The van der Waals surface area contributed by atoms with Crippen molar-refractivity contribution in [3.05, 3.63) is 82.4 Å². The molecule has 7 aliphatic heterocycles. The average Bonchev–Trinajstić information content (AvgIpc) is 3.80. The van der Waals surface area contributed by atoms with Crippen LogP contribution >= 0.6 is 0 Å². The normalized spacial score (nSPS) is 23.5. The molecule has 10 heteroatoms. The summed E-state index contributed by atoms with van der Waals surface area (Å²) < 4.78 is 0. The first kappa shape index (κ1) is 30.0. The van der Waals surface area contributed by atoms with Crippen LogP contribution in [0.15, 0.2) is 59.9 Å². The molecule has 2 saturated heterocycles. The van der Waals surface area contributed by atoms with Crippen LogP contribution in [-0.2, 0) is 32.0 Å². The zero-order valence-electron chi connectivity index (χ0n) is 28.0. The van der Waals surface area contributed by atoms with E-state index in [9.17, 15) is 19.2 Å². The minimum Gasteiger partial charge on any atom is -0.366 e. The largest absolute Gasteiger partial charge is 0.366 e. The van der Waals surface area contributed by atoms with Gasteiger partial charge in [0.05, 0.1) is 11.1 Å².